The van der Waals surface area contributed by atoms with Gasteiger partial charge in [-0.1, -0.05) is 0 Å². The molecule has 1 aliphatic rings. The van der Waals surface area contributed by atoms with Gasteiger partial charge in [-0.15, -0.1) is 11.3 Å². The topological polar surface area (TPSA) is 85.0 Å². The van der Waals surface area contributed by atoms with E-state index in [0.717, 1.165) is 25.8 Å². The molecule has 3 rings (SSSR count). The molecule has 0 aliphatic carbocycles. The van der Waals surface area contributed by atoms with E-state index in [1.54, 1.807) is 23.8 Å². The summed E-state index contributed by atoms with van der Waals surface area (Å²) in [6.45, 7) is 1.26. The van der Waals surface area contributed by atoms with Gasteiger partial charge in [-0.25, -0.2) is 15.0 Å². The summed E-state index contributed by atoms with van der Waals surface area (Å²) >= 11 is 1.39. The Morgan fingerprint density at radius 2 is 2.19 bits per heavy atom. The molecule has 3 heterocycles. The minimum Gasteiger partial charge on any atom is -0.333 e. The third-order valence-corrected chi connectivity index (χ3v) is 4.48. The minimum absolute atomic E-state index is 0.0384. The number of likely N-dealkylation sites (tertiary alicyclic amines) is 1. The van der Waals surface area contributed by atoms with Gasteiger partial charge in [-0.3, -0.25) is 4.79 Å². The Morgan fingerprint density at radius 1 is 1.38 bits per heavy atom. The summed E-state index contributed by atoms with van der Waals surface area (Å²) in [5.41, 5.74) is 6.24. The highest BCUT2D eigenvalue weighted by molar-refractivity contribution is 7.13. The molecule has 1 fully saturated rings. The van der Waals surface area contributed by atoms with Crippen molar-refractivity contribution in [1.82, 2.24) is 19.9 Å². The Bertz CT molecular complexity index is 615. The molecule has 21 heavy (non-hydrogen) atoms. The third-order valence-electron chi connectivity index (χ3n) is 3.64. The average Bonchev–Trinajstić information content (AvgIpc) is 3.05. The number of rotatable bonds is 3. The van der Waals surface area contributed by atoms with E-state index in [0.29, 0.717) is 23.1 Å². The summed E-state index contributed by atoms with van der Waals surface area (Å²) in [5.74, 6) is 0.513. The molecule has 2 aromatic heterocycles. The maximum Gasteiger partial charge on any atom is 0.273 e. The Kier molecular flexibility index (Phi) is 4.21. The number of nitrogens with zero attached hydrogens (tertiary/aromatic N) is 4. The van der Waals surface area contributed by atoms with Crippen molar-refractivity contribution < 1.29 is 4.79 Å². The lowest BCUT2D eigenvalue weighted by Crippen LogP contribution is -2.47. The molecule has 0 unspecified atom stereocenters. The van der Waals surface area contributed by atoms with E-state index in [1.807, 2.05) is 4.90 Å². The number of amides is 1. The molecule has 0 spiro atoms. The van der Waals surface area contributed by atoms with Crippen molar-refractivity contribution in [3.8, 4) is 10.8 Å². The van der Waals surface area contributed by atoms with Crippen molar-refractivity contribution in [1.29, 1.82) is 0 Å². The minimum atomic E-state index is -0.0384. The van der Waals surface area contributed by atoms with Crippen LogP contribution in [0.15, 0.2) is 23.8 Å². The number of carbonyl (C=O) groups excluding carboxylic acids is 1. The van der Waals surface area contributed by atoms with Crippen LogP contribution in [0.4, 0.5) is 0 Å². The Hall–Kier alpha value is -1.86. The van der Waals surface area contributed by atoms with E-state index in [2.05, 4.69) is 15.0 Å². The molecule has 0 saturated carbocycles. The summed E-state index contributed by atoms with van der Waals surface area (Å²) in [6, 6.07) is 1.88. The second-order valence-electron chi connectivity index (χ2n) is 4.99. The fourth-order valence-corrected chi connectivity index (χ4v) is 3.28. The van der Waals surface area contributed by atoms with Crippen molar-refractivity contribution >= 4 is 17.2 Å². The molecule has 0 radical (unpaired) electrons. The van der Waals surface area contributed by atoms with Crippen LogP contribution < -0.4 is 5.73 Å². The lowest BCUT2D eigenvalue weighted by Gasteiger charge is -2.34. The number of hydrogen-bond donors (Lipinski definition) is 1. The van der Waals surface area contributed by atoms with Crippen molar-refractivity contribution in [3.05, 3.63) is 29.5 Å². The SMILES string of the molecule is NC[C@@H]1CCCCN1C(=O)c1csc(-c2ncccn2)n1. The molecular weight excluding hydrogens is 286 g/mol. The van der Waals surface area contributed by atoms with Crippen molar-refractivity contribution in [2.24, 2.45) is 5.73 Å². The van der Waals surface area contributed by atoms with Crippen LogP contribution >= 0.6 is 11.3 Å². The Balaban J connectivity index is 1.81. The number of hydrogen-bond acceptors (Lipinski definition) is 6. The van der Waals surface area contributed by atoms with Gasteiger partial charge >= 0.3 is 0 Å². The first-order valence-corrected chi connectivity index (χ1v) is 7.91. The molecule has 2 N–H and O–H groups in total. The third kappa shape index (κ3) is 2.93. The second kappa shape index (κ2) is 6.28. The predicted molar refractivity (Wildman–Crippen MR) is 80.9 cm³/mol. The molecule has 1 aliphatic heterocycles. The van der Waals surface area contributed by atoms with Crippen LogP contribution in [0.1, 0.15) is 29.8 Å². The maximum atomic E-state index is 12.6. The number of carbonyl (C=O) groups is 1. The summed E-state index contributed by atoms with van der Waals surface area (Å²) in [6.07, 6.45) is 6.47. The van der Waals surface area contributed by atoms with E-state index in [9.17, 15) is 4.79 Å². The standard InChI is InChI=1S/C14H17N5OS/c15-8-10-4-1-2-7-19(10)14(20)11-9-21-13(18-11)12-16-5-3-6-17-12/h3,5-6,9-10H,1-2,4,7-8,15H2/t10-/m0/s1. The smallest absolute Gasteiger partial charge is 0.273 e. The van der Waals surface area contributed by atoms with E-state index < -0.39 is 0 Å². The van der Waals surface area contributed by atoms with Gasteiger partial charge in [0.1, 0.15) is 5.69 Å². The van der Waals surface area contributed by atoms with Crippen LogP contribution in [0.5, 0.6) is 0 Å². The Morgan fingerprint density at radius 3 is 2.95 bits per heavy atom. The quantitative estimate of drug-likeness (QED) is 0.930. The zero-order chi connectivity index (χ0) is 14.7. The van der Waals surface area contributed by atoms with E-state index in [4.69, 9.17) is 5.73 Å². The summed E-state index contributed by atoms with van der Waals surface area (Å²) < 4.78 is 0. The van der Waals surface area contributed by atoms with Gasteiger partial charge in [0.05, 0.1) is 0 Å². The molecule has 6 nitrogen and oxygen atoms in total. The normalized spacial score (nSPS) is 18.7. The highest BCUT2D eigenvalue weighted by Crippen LogP contribution is 2.23. The first-order chi connectivity index (χ1) is 10.3. The molecule has 0 aromatic carbocycles. The highest BCUT2D eigenvalue weighted by atomic mass is 32.1. The van der Waals surface area contributed by atoms with Gasteiger partial charge in [-0.05, 0) is 25.3 Å². The van der Waals surface area contributed by atoms with Crippen LogP contribution in [0, 0.1) is 0 Å². The molecular formula is C14H17N5OS. The van der Waals surface area contributed by atoms with Gasteiger partial charge in [0, 0.05) is 36.9 Å². The van der Waals surface area contributed by atoms with Gasteiger partial charge < -0.3 is 10.6 Å². The van der Waals surface area contributed by atoms with Crippen molar-refractivity contribution in [2.45, 2.75) is 25.3 Å². The van der Waals surface area contributed by atoms with Crippen LogP contribution in [-0.4, -0.2) is 44.9 Å². The maximum absolute atomic E-state index is 12.6. The van der Waals surface area contributed by atoms with Crippen molar-refractivity contribution in [3.63, 3.8) is 0 Å². The second-order valence-corrected chi connectivity index (χ2v) is 5.85. The lowest BCUT2D eigenvalue weighted by atomic mass is 10.0. The highest BCUT2D eigenvalue weighted by Gasteiger charge is 2.28. The first kappa shape index (κ1) is 14.1. The largest absolute Gasteiger partial charge is 0.333 e. The van der Waals surface area contributed by atoms with Gasteiger partial charge in [0.15, 0.2) is 10.8 Å². The van der Waals surface area contributed by atoms with Crippen LogP contribution in [0.2, 0.25) is 0 Å². The predicted octanol–water partition coefficient (Wildman–Crippen LogP) is 1.55. The van der Waals surface area contributed by atoms with Gasteiger partial charge in [0.25, 0.3) is 5.91 Å². The number of nitrogens with two attached hydrogens (primary N) is 1. The molecule has 110 valence electrons. The molecule has 7 heteroatoms. The lowest BCUT2D eigenvalue weighted by molar-refractivity contribution is 0.0618. The van der Waals surface area contributed by atoms with Gasteiger partial charge in [-0.2, -0.15) is 0 Å². The van der Waals surface area contributed by atoms with Crippen LogP contribution in [-0.2, 0) is 0 Å². The Labute approximate surface area is 127 Å². The monoisotopic (exact) mass is 303 g/mol. The number of aromatic nitrogens is 3. The summed E-state index contributed by atoms with van der Waals surface area (Å²) in [4.78, 5) is 27.1. The fourth-order valence-electron chi connectivity index (χ4n) is 2.54. The molecule has 1 amide bonds. The molecule has 1 atom stereocenters. The number of piperidine rings is 1. The molecule has 1 saturated heterocycles. The zero-order valence-corrected chi connectivity index (χ0v) is 12.4. The van der Waals surface area contributed by atoms with E-state index in [-0.39, 0.29) is 11.9 Å². The number of thiazole rings is 1. The van der Waals surface area contributed by atoms with E-state index in [1.165, 1.54) is 11.3 Å². The van der Waals surface area contributed by atoms with E-state index >= 15 is 0 Å². The summed E-state index contributed by atoms with van der Waals surface area (Å²) in [5, 5.41) is 2.44. The molecule has 2 aromatic rings. The first-order valence-electron chi connectivity index (χ1n) is 7.03. The molecule has 0 bridgehead atoms. The fraction of sp³-hybridized carbons (Fsp3) is 0.429. The average molecular weight is 303 g/mol. The van der Waals surface area contributed by atoms with Crippen LogP contribution in [0.25, 0.3) is 10.8 Å². The van der Waals surface area contributed by atoms with Gasteiger partial charge in [0.2, 0.25) is 0 Å². The zero-order valence-electron chi connectivity index (χ0n) is 11.6. The summed E-state index contributed by atoms with van der Waals surface area (Å²) in [7, 11) is 0. The van der Waals surface area contributed by atoms with Crippen molar-refractivity contribution in [2.75, 3.05) is 13.1 Å². The van der Waals surface area contributed by atoms with Crippen LogP contribution in [0.3, 0.4) is 0 Å².